The molecule has 0 bridgehead atoms. The molecular formula is C14H16ClF2N3. The van der Waals surface area contributed by atoms with Crippen LogP contribution in [0.5, 0.6) is 0 Å². The van der Waals surface area contributed by atoms with Crippen molar-refractivity contribution in [1.82, 2.24) is 15.1 Å². The van der Waals surface area contributed by atoms with E-state index in [0.29, 0.717) is 11.6 Å². The van der Waals surface area contributed by atoms with Gasteiger partial charge in [0.1, 0.15) is 16.8 Å². The largest absolute Gasteiger partial charge is 0.313 e. The number of likely N-dealkylation sites (N-methyl/N-ethyl adjacent to an activating group) is 1. The monoisotopic (exact) mass is 299 g/mol. The first-order valence-corrected chi connectivity index (χ1v) is 6.62. The molecule has 0 aliphatic heterocycles. The predicted molar refractivity (Wildman–Crippen MR) is 74.8 cm³/mol. The number of hydrogen-bond acceptors (Lipinski definition) is 2. The zero-order chi connectivity index (χ0) is 14.9. The van der Waals surface area contributed by atoms with Crippen molar-refractivity contribution in [2.24, 2.45) is 7.05 Å². The Morgan fingerprint density at radius 2 is 2.10 bits per heavy atom. The van der Waals surface area contributed by atoms with Gasteiger partial charge in [-0.25, -0.2) is 8.78 Å². The zero-order valence-electron chi connectivity index (χ0n) is 11.5. The maximum absolute atomic E-state index is 13.9. The first kappa shape index (κ1) is 14.9. The van der Waals surface area contributed by atoms with Crippen LogP contribution in [0.15, 0.2) is 18.2 Å². The van der Waals surface area contributed by atoms with Gasteiger partial charge < -0.3 is 5.32 Å². The normalized spacial score (nSPS) is 12.7. The van der Waals surface area contributed by atoms with Crippen molar-refractivity contribution in [3.05, 3.63) is 51.8 Å². The lowest BCUT2D eigenvalue weighted by Crippen LogP contribution is -2.20. The van der Waals surface area contributed by atoms with Crippen LogP contribution in [0.3, 0.4) is 0 Å². The minimum absolute atomic E-state index is 0.284. The van der Waals surface area contributed by atoms with Gasteiger partial charge in [-0.15, -0.1) is 0 Å². The van der Waals surface area contributed by atoms with E-state index in [1.54, 1.807) is 18.8 Å². The summed E-state index contributed by atoms with van der Waals surface area (Å²) in [5.74, 6) is -0.904. The van der Waals surface area contributed by atoms with E-state index < -0.39 is 11.6 Å². The Morgan fingerprint density at radius 1 is 1.40 bits per heavy atom. The minimum Gasteiger partial charge on any atom is -0.313 e. The van der Waals surface area contributed by atoms with Crippen molar-refractivity contribution < 1.29 is 8.78 Å². The van der Waals surface area contributed by atoms with Crippen LogP contribution in [-0.2, 0) is 13.5 Å². The molecule has 0 saturated heterocycles. The highest BCUT2D eigenvalue weighted by Gasteiger charge is 2.20. The topological polar surface area (TPSA) is 29.9 Å². The summed E-state index contributed by atoms with van der Waals surface area (Å²) >= 11 is 6.18. The summed E-state index contributed by atoms with van der Waals surface area (Å²) in [5, 5.41) is 7.73. The summed E-state index contributed by atoms with van der Waals surface area (Å²) in [4.78, 5) is 0. The van der Waals surface area contributed by atoms with E-state index in [4.69, 9.17) is 11.6 Å². The van der Waals surface area contributed by atoms with E-state index in [1.165, 1.54) is 6.07 Å². The Kier molecular flexibility index (Phi) is 4.40. The number of nitrogens with zero attached hydrogens (tertiary/aromatic N) is 2. The van der Waals surface area contributed by atoms with Crippen LogP contribution in [-0.4, -0.2) is 16.8 Å². The second kappa shape index (κ2) is 5.89. The molecule has 1 heterocycles. The minimum atomic E-state index is -0.462. The van der Waals surface area contributed by atoms with Gasteiger partial charge >= 0.3 is 0 Å². The second-order valence-corrected chi connectivity index (χ2v) is 5.05. The summed E-state index contributed by atoms with van der Waals surface area (Å²) in [5.41, 5.74) is 1.90. The number of nitrogens with one attached hydrogen (secondary N) is 1. The molecule has 6 heteroatoms. The van der Waals surface area contributed by atoms with Crippen molar-refractivity contribution >= 4 is 11.6 Å². The molecule has 0 aliphatic carbocycles. The lowest BCUT2D eigenvalue weighted by Gasteiger charge is -2.17. The molecule has 1 aromatic heterocycles. The zero-order valence-corrected chi connectivity index (χ0v) is 12.3. The van der Waals surface area contributed by atoms with Crippen molar-refractivity contribution in [2.75, 3.05) is 7.05 Å². The maximum atomic E-state index is 13.9. The highest BCUT2D eigenvalue weighted by molar-refractivity contribution is 6.30. The van der Waals surface area contributed by atoms with Crippen molar-refractivity contribution in [2.45, 2.75) is 19.4 Å². The first-order valence-electron chi connectivity index (χ1n) is 6.24. The molecule has 2 rings (SSSR count). The quantitative estimate of drug-likeness (QED) is 0.940. The Balaban J connectivity index is 2.36. The van der Waals surface area contributed by atoms with Crippen LogP contribution in [0.4, 0.5) is 8.78 Å². The Bertz CT molecular complexity index is 625. The Morgan fingerprint density at radius 3 is 2.65 bits per heavy atom. The molecule has 0 radical (unpaired) electrons. The molecule has 0 spiro atoms. The molecule has 0 fully saturated rings. The third kappa shape index (κ3) is 2.83. The third-order valence-electron chi connectivity index (χ3n) is 3.36. The van der Waals surface area contributed by atoms with Crippen LogP contribution in [0.25, 0.3) is 0 Å². The molecule has 0 saturated carbocycles. The molecule has 1 N–H and O–H groups in total. The average Bonchev–Trinajstić information content (AvgIpc) is 2.65. The first-order chi connectivity index (χ1) is 9.43. The molecule has 0 aliphatic rings. The summed E-state index contributed by atoms with van der Waals surface area (Å²) in [7, 11) is 3.45. The Hall–Kier alpha value is -1.46. The highest BCUT2D eigenvalue weighted by atomic mass is 35.5. The number of aromatic nitrogens is 2. The highest BCUT2D eigenvalue weighted by Crippen LogP contribution is 2.27. The van der Waals surface area contributed by atoms with Gasteiger partial charge in [0.15, 0.2) is 0 Å². The molecule has 20 heavy (non-hydrogen) atoms. The van der Waals surface area contributed by atoms with Gasteiger partial charge in [-0.1, -0.05) is 11.6 Å². The lowest BCUT2D eigenvalue weighted by atomic mass is 9.99. The van der Waals surface area contributed by atoms with Gasteiger partial charge in [-0.3, -0.25) is 4.68 Å². The number of benzene rings is 1. The van der Waals surface area contributed by atoms with E-state index >= 15 is 0 Å². The van der Waals surface area contributed by atoms with E-state index in [0.717, 1.165) is 23.4 Å². The van der Waals surface area contributed by atoms with Crippen LogP contribution in [0.1, 0.15) is 22.9 Å². The third-order valence-corrected chi connectivity index (χ3v) is 3.83. The summed E-state index contributed by atoms with van der Waals surface area (Å²) in [6.45, 7) is 1.84. The Labute approximate surface area is 121 Å². The smallest absolute Gasteiger partial charge is 0.130 e. The molecule has 1 aromatic carbocycles. The SMILES string of the molecule is CNC(Cc1c(C)nn(C)c1Cl)c1cc(F)ccc1F. The second-order valence-electron chi connectivity index (χ2n) is 4.69. The summed E-state index contributed by atoms with van der Waals surface area (Å²) in [6.07, 6.45) is 0.440. The van der Waals surface area contributed by atoms with Crippen molar-refractivity contribution in [1.29, 1.82) is 0 Å². The molecule has 0 amide bonds. The average molecular weight is 300 g/mol. The fraction of sp³-hybridized carbons (Fsp3) is 0.357. The predicted octanol–water partition coefficient (Wildman–Crippen LogP) is 3.16. The molecule has 1 unspecified atom stereocenters. The van der Waals surface area contributed by atoms with Gasteiger partial charge in [0.2, 0.25) is 0 Å². The fourth-order valence-electron chi connectivity index (χ4n) is 2.26. The molecule has 2 aromatic rings. The van der Waals surface area contributed by atoms with E-state index in [2.05, 4.69) is 10.4 Å². The van der Waals surface area contributed by atoms with Gasteiger partial charge in [0.25, 0.3) is 0 Å². The van der Waals surface area contributed by atoms with Crippen LogP contribution < -0.4 is 5.32 Å². The van der Waals surface area contributed by atoms with Crippen LogP contribution in [0.2, 0.25) is 5.15 Å². The van der Waals surface area contributed by atoms with E-state index in [9.17, 15) is 8.78 Å². The summed E-state index contributed by atoms with van der Waals surface area (Å²) in [6, 6.07) is 3.07. The maximum Gasteiger partial charge on any atom is 0.130 e. The van der Waals surface area contributed by atoms with Gasteiger partial charge in [-0.05, 0) is 38.6 Å². The molecular weight excluding hydrogens is 284 g/mol. The number of aryl methyl sites for hydroxylation is 2. The fourth-order valence-corrected chi connectivity index (χ4v) is 2.51. The van der Waals surface area contributed by atoms with Gasteiger partial charge in [-0.2, -0.15) is 5.10 Å². The molecule has 108 valence electrons. The number of rotatable bonds is 4. The number of halogens is 3. The van der Waals surface area contributed by atoms with Gasteiger partial charge in [0.05, 0.1) is 5.69 Å². The molecule has 1 atom stereocenters. The van der Waals surface area contributed by atoms with Crippen LogP contribution >= 0.6 is 11.6 Å². The number of hydrogen-bond donors (Lipinski definition) is 1. The lowest BCUT2D eigenvalue weighted by molar-refractivity contribution is 0.522. The van der Waals surface area contributed by atoms with Crippen molar-refractivity contribution in [3.63, 3.8) is 0 Å². The van der Waals surface area contributed by atoms with Crippen molar-refractivity contribution in [3.8, 4) is 0 Å². The van der Waals surface area contributed by atoms with Crippen LogP contribution in [0, 0.1) is 18.6 Å². The standard InChI is InChI=1S/C14H16ClF2N3/c1-8-10(14(15)20(3)19-8)7-13(18-2)11-6-9(16)4-5-12(11)17/h4-6,13,18H,7H2,1-3H3. The summed E-state index contributed by atoms with van der Waals surface area (Å²) < 4.78 is 28.7. The van der Waals surface area contributed by atoms with Gasteiger partial charge in [0, 0.05) is 24.2 Å². The molecule has 3 nitrogen and oxygen atoms in total. The van der Waals surface area contributed by atoms with E-state index in [-0.39, 0.29) is 11.6 Å². The van der Waals surface area contributed by atoms with E-state index in [1.807, 2.05) is 6.92 Å².